The summed E-state index contributed by atoms with van der Waals surface area (Å²) < 4.78 is 67.5. The molecule has 0 amide bonds. The summed E-state index contributed by atoms with van der Waals surface area (Å²) in [5.41, 5.74) is 0. The van der Waals surface area contributed by atoms with E-state index in [2.05, 4.69) is 39.8 Å². The average molecular weight is 1460 g/mol. The largest absolute Gasteiger partial charge is 0.756 e. The van der Waals surface area contributed by atoms with Crippen LogP contribution >= 0.6 is 15.6 Å². The topological polar surface area (TPSA) is 222 Å². The molecule has 4 atom stereocenters. The van der Waals surface area contributed by atoms with Gasteiger partial charge in [0, 0.05) is 25.7 Å². The van der Waals surface area contributed by atoms with E-state index >= 15 is 0 Å². The summed E-state index contributed by atoms with van der Waals surface area (Å²) in [5, 5.41) is 0. The van der Waals surface area contributed by atoms with Gasteiger partial charge in [-0.2, -0.15) is 0 Å². The minimum atomic E-state index is -4.62. The minimum absolute atomic E-state index is 0.0335. The standard InChI is InChI=1S/2C40H78NO8P/c1-6-8-10-12-14-16-18-19-20-21-23-25-27-29-31-33-40(43)49-38(37-48-50(44,45)47-35-34-41(3,4)5)36-46-39(42)32-30-28-26-24-22-17-15-13-11-9-7-2;1-6-8-10-12-14-16-18-20-22-24-26-28-30-32-39(42)46-36-38(37-48-50(44,45)47-35-34-41(3,4)5)49-40(43)33-31-29-27-25-23-21-19-17-15-13-11-9-7-2/h2*27,29,38H,6-26,28,30-37H2,1-5H3/b2*29-27-. The monoisotopic (exact) mass is 1460 g/mol. The van der Waals surface area contributed by atoms with E-state index in [1.54, 1.807) is 0 Å². The highest BCUT2D eigenvalue weighted by molar-refractivity contribution is 7.46. The van der Waals surface area contributed by atoms with Crippen LogP contribution in [0.1, 0.15) is 362 Å². The van der Waals surface area contributed by atoms with Crippen molar-refractivity contribution in [3.05, 3.63) is 24.3 Å². The number of carbonyl (C=O) groups excluding carboxylic acids is 4. The molecule has 0 bridgehead atoms. The maximum Gasteiger partial charge on any atom is 0.306 e. The number of esters is 4. The molecule has 0 N–H and O–H groups in total. The van der Waals surface area contributed by atoms with Gasteiger partial charge in [-0.1, -0.05) is 309 Å². The van der Waals surface area contributed by atoms with Crippen molar-refractivity contribution < 1.29 is 84.1 Å². The van der Waals surface area contributed by atoms with Crippen LogP contribution in [0.3, 0.4) is 0 Å². The van der Waals surface area contributed by atoms with Gasteiger partial charge in [-0.25, -0.2) is 0 Å². The van der Waals surface area contributed by atoms with Crippen molar-refractivity contribution in [2.45, 2.75) is 374 Å². The molecule has 592 valence electrons. The van der Waals surface area contributed by atoms with Crippen molar-refractivity contribution >= 4 is 39.5 Å². The van der Waals surface area contributed by atoms with Gasteiger partial charge in [0.2, 0.25) is 0 Å². The number of quaternary nitrogens is 2. The molecule has 0 saturated carbocycles. The molecule has 0 spiro atoms. The molecule has 18 nitrogen and oxygen atoms in total. The van der Waals surface area contributed by atoms with Gasteiger partial charge in [-0.3, -0.25) is 28.3 Å². The molecule has 0 aliphatic rings. The first-order valence-electron chi connectivity index (χ1n) is 40.8. The molecule has 0 aromatic rings. The number of hydrogen-bond acceptors (Lipinski definition) is 16. The lowest BCUT2D eigenvalue weighted by Gasteiger charge is -2.28. The van der Waals surface area contributed by atoms with E-state index in [4.69, 9.17) is 37.0 Å². The number of ether oxygens (including phenoxy) is 4. The van der Waals surface area contributed by atoms with E-state index in [0.717, 1.165) is 64.2 Å². The molecule has 20 heteroatoms. The predicted molar refractivity (Wildman–Crippen MR) is 408 cm³/mol. The van der Waals surface area contributed by atoms with E-state index in [1.165, 1.54) is 231 Å². The molecule has 0 fully saturated rings. The molecule has 0 aromatic heterocycles. The van der Waals surface area contributed by atoms with Gasteiger partial charge in [0.05, 0.1) is 55.5 Å². The summed E-state index contributed by atoms with van der Waals surface area (Å²) in [6.07, 6.45) is 65.0. The van der Waals surface area contributed by atoms with Gasteiger partial charge in [0.1, 0.15) is 39.5 Å². The van der Waals surface area contributed by atoms with Crippen molar-refractivity contribution in [1.82, 2.24) is 0 Å². The molecule has 100 heavy (non-hydrogen) atoms. The van der Waals surface area contributed by atoms with E-state index in [0.29, 0.717) is 34.9 Å². The minimum Gasteiger partial charge on any atom is -0.756 e. The Morgan fingerprint density at radius 2 is 0.530 bits per heavy atom. The number of hydrogen-bond donors (Lipinski definition) is 0. The van der Waals surface area contributed by atoms with Crippen LogP contribution in [-0.2, 0) is 65.4 Å². The Morgan fingerprint density at radius 1 is 0.300 bits per heavy atom. The Kier molecular flexibility index (Phi) is 70.5. The molecule has 0 aromatic carbocycles. The van der Waals surface area contributed by atoms with Crippen LogP contribution in [0.2, 0.25) is 0 Å². The maximum atomic E-state index is 12.6. The number of rotatable bonds is 74. The Labute approximate surface area is 613 Å². The molecule has 0 aliphatic carbocycles. The molecule has 4 unspecified atom stereocenters. The molecule has 0 radical (unpaired) electrons. The van der Waals surface area contributed by atoms with Crippen molar-refractivity contribution in [2.24, 2.45) is 0 Å². The van der Waals surface area contributed by atoms with Gasteiger partial charge >= 0.3 is 23.9 Å². The highest BCUT2D eigenvalue weighted by Gasteiger charge is 2.24. The van der Waals surface area contributed by atoms with Gasteiger partial charge in [0.15, 0.2) is 12.2 Å². The van der Waals surface area contributed by atoms with Crippen molar-refractivity contribution in [3.63, 3.8) is 0 Å². The van der Waals surface area contributed by atoms with Crippen LogP contribution in [0.25, 0.3) is 0 Å². The number of carbonyl (C=O) groups is 4. The molecule has 0 heterocycles. The third-order valence-corrected chi connectivity index (χ3v) is 19.5. The average Bonchev–Trinajstić information content (AvgIpc) is 0.925. The van der Waals surface area contributed by atoms with E-state index in [1.807, 2.05) is 54.4 Å². The van der Waals surface area contributed by atoms with Crippen LogP contribution in [0.5, 0.6) is 0 Å². The number of phosphoric acid groups is 2. The van der Waals surface area contributed by atoms with Crippen LogP contribution in [0.4, 0.5) is 0 Å². The van der Waals surface area contributed by atoms with E-state index < -0.39 is 64.9 Å². The fraction of sp³-hybridized carbons (Fsp3) is 0.900. The zero-order chi connectivity index (χ0) is 74.4. The predicted octanol–water partition coefficient (Wildman–Crippen LogP) is 20.8. The Balaban J connectivity index is 0. The second-order valence-electron chi connectivity index (χ2n) is 30.0. The van der Waals surface area contributed by atoms with Crippen molar-refractivity contribution in [3.8, 4) is 0 Å². The normalized spacial score (nSPS) is 13.8. The zero-order valence-corrected chi connectivity index (χ0v) is 68.0. The lowest BCUT2D eigenvalue weighted by atomic mass is 10.0. The smallest absolute Gasteiger partial charge is 0.306 e. The quantitative estimate of drug-likeness (QED) is 0.0138. The van der Waals surface area contributed by atoms with Crippen LogP contribution < -0.4 is 9.79 Å². The van der Waals surface area contributed by atoms with Crippen LogP contribution in [0, 0.1) is 0 Å². The second-order valence-corrected chi connectivity index (χ2v) is 32.8. The number of unbranched alkanes of at least 4 members (excludes halogenated alkanes) is 42. The number of nitrogens with zero attached hydrogens (tertiary/aromatic N) is 2. The first-order chi connectivity index (χ1) is 48.0. The third kappa shape index (κ3) is 79.6. The SMILES string of the molecule is CCCCCCCCCCC/C=C\CCC(=O)OC(COC(=O)CCCCCCCCCCCCCCC)COP(=O)([O-])OCC[N+](C)(C)C.CCCCCCCCCCCCC/C=C\CCC(=O)OC(COC(=O)CCCCCCCCCCCCC)COP(=O)([O-])OCC[N+](C)(C)C. The second kappa shape index (κ2) is 70.8. The van der Waals surface area contributed by atoms with Gasteiger partial charge < -0.3 is 55.8 Å². The highest BCUT2D eigenvalue weighted by Crippen LogP contribution is 2.39. The maximum absolute atomic E-state index is 12.6. The highest BCUT2D eigenvalue weighted by atomic mass is 31.2. The van der Waals surface area contributed by atoms with Gasteiger partial charge in [-0.15, -0.1) is 0 Å². The lowest BCUT2D eigenvalue weighted by molar-refractivity contribution is -0.870. The summed E-state index contributed by atoms with van der Waals surface area (Å²) in [5.74, 6) is -1.77. The van der Waals surface area contributed by atoms with E-state index in [-0.39, 0.29) is 52.1 Å². The Bertz CT molecular complexity index is 2030. The summed E-state index contributed by atoms with van der Waals surface area (Å²) in [7, 11) is 2.31. The number of phosphoric ester groups is 2. The molecular weight excluding hydrogens is 1310 g/mol. The van der Waals surface area contributed by atoms with Gasteiger partial charge in [0.25, 0.3) is 15.6 Å². The fourth-order valence-corrected chi connectivity index (χ4v) is 12.6. The first-order valence-corrected chi connectivity index (χ1v) is 43.7. The summed E-state index contributed by atoms with van der Waals surface area (Å²) in [6, 6.07) is 0. The zero-order valence-electron chi connectivity index (χ0n) is 66.2. The number of allylic oxidation sites excluding steroid dienone is 4. The molecule has 0 aliphatic heterocycles. The van der Waals surface area contributed by atoms with Crippen LogP contribution in [-0.4, -0.2) is 140 Å². The van der Waals surface area contributed by atoms with Crippen molar-refractivity contribution in [2.75, 3.05) is 95.0 Å². The molecule has 0 rings (SSSR count). The first kappa shape index (κ1) is 99.6. The van der Waals surface area contributed by atoms with Gasteiger partial charge in [-0.05, 0) is 51.4 Å². The lowest BCUT2D eigenvalue weighted by Crippen LogP contribution is -2.37. The van der Waals surface area contributed by atoms with Crippen molar-refractivity contribution in [1.29, 1.82) is 0 Å². The Hall–Kier alpha value is -2.50. The Morgan fingerprint density at radius 3 is 0.780 bits per heavy atom. The van der Waals surface area contributed by atoms with E-state index in [9.17, 15) is 38.1 Å². The van der Waals surface area contributed by atoms with Crippen LogP contribution in [0.15, 0.2) is 24.3 Å². The fourth-order valence-electron chi connectivity index (χ4n) is 11.1. The third-order valence-electron chi connectivity index (χ3n) is 17.6. The summed E-state index contributed by atoms with van der Waals surface area (Å²) >= 11 is 0. The summed E-state index contributed by atoms with van der Waals surface area (Å²) in [4.78, 5) is 74.6. The summed E-state index contributed by atoms with van der Waals surface area (Å²) in [6.45, 7) is 8.36. The number of likely N-dealkylation sites (N-methyl/N-ethyl adjacent to an activating group) is 2. The molecular formula is C80H156N2O16P2. The molecule has 0 saturated heterocycles.